The van der Waals surface area contributed by atoms with Crippen LogP contribution in [0.5, 0.6) is 0 Å². The SMILES string of the molecule is COCc1cc2ccccc2s1. The standard InChI is InChI=1S/C10H10OS/c1-11-7-9-6-8-4-2-3-5-10(8)12-9/h2-6H,7H2,1H3. The average molecular weight is 178 g/mol. The molecule has 12 heavy (non-hydrogen) atoms. The summed E-state index contributed by atoms with van der Waals surface area (Å²) >= 11 is 1.80. The molecule has 0 radical (unpaired) electrons. The molecule has 0 atom stereocenters. The molecule has 0 aliphatic carbocycles. The summed E-state index contributed by atoms with van der Waals surface area (Å²) in [6.07, 6.45) is 0. The van der Waals surface area contributed by atoms with Crippen molar-refractivity contribution in [3.8, 4) is 0 Å². The second kappa shape index (κ2) is 3.25. The quantitative estimate of drug-likeness (QED) is 0.686. The number of methoxy groups -OCH3 is 1. The Bertz CT molecular complexity index is 345. The Morgan fingerprint density at radius 2 is 2.17 bits per heavy atom. The maximum absolute atomic E-state index is 5.07. The van der Waals surface area contributed by atoms with Crippen LogP contribution < -0.4 is 0 Å². The van der Waals surface area contributed by atoms with Gasteiger partial charge in [-0.1, -0.05) is 18.2 Å². The monoisotopic (exact) mass is 178 g/mol. The number of benzene rings is 1. The van der Waals surface area contributed by atoms with E-state index in [1.807, 2.05) is 0 Å². The molecule has 0 aliphatic rings. The van der Waals surface area contributed by atoms with Crippen LogP contribution in [0.25, 0.3) is 10.1 Å². The highest BCUT2D eigenvalue weighted by Gasteiger charge is 1.98. The lowest BCUT2D eigenvalue weighted by atomic mass is 10.2. The van der Waals surface area contributed by atoms with Crippen molar-refractivity contribution in [3.63, 3.8) is 0 Å². The van der Waals surface area contributed by atoms with Crippen LogP contribution in [0.3, 0.4) is 0 Å². The lowest BCUT2D eigenvalue weighted by Gasteiger charge is -1.89. The van der Waals surface area contributed by atoms with Crippen LogP contribution in [0.2, 0.25) is 0 Å². The fraction of sp³-hybridized carbons (Fsp3) is 0.200. The Labute approximate surface area is 75.6 Å². The third-order valence-electron chi connectivity index (χ3n) is 1.76. The van der Waals surface area contributed by atoms with Gasteiger partial charge in [0.05, 0.1) is 6.61 Å². The molecular formula is C10H10OS. The van der Waals surface area contributed by atoms with Crippen LogP contribution in [-0.4, -0.2) is 7.11 Å². The molecule has 1 aromatic heterocycles. The molecule has 0 aliphatic heterocycles. The molecule has 2 rings (SSSR count). The second-order valence-corrected chi connectivity index (χ2v) is 3.85. The van der Waals surface area contributed by atoms with Crippen molar-refractivity contribution in [1.82, 2.24) is 0 Å². The largest absolute Gasteiger partial charge is 0.379 e. The fourth-order valence-electron chi connectivity index (χ4n) is 1.25. The Hall–Kier alpha value is -0.860. The predicted octanol–water partition coefficient (Wildman–Crippen LogP) is 3.05. The van der Waals surface area contributed by atoms with Gasteiger partial charge >= 0.3 is 0 Å². The topological polar surface area (TPSA) is 9.23 Å². The van der Waals surface area contributed by atoms with Gasteiger partial charge in [-0.2, -0.15) is 0 Å². The fourth-order valence-corrected chi connectivity index (χ4v) is 2.29. The molecule has 2 heteroatoms. The molecule has 0 N–H and O–H groups in total. The van der Waals surface area contributed by atoms with E-state index < -0.39 is 0 Å². The average Bonchev–Trinajstić information content (AvgIpc) is 2.47. The van der Waals surface area contributed by atoms with Gasteiger partial charge in [-0.25, -0.2) is 0 Å². The Balaban J connectivity index is 2.47. The Morgan fingerprint density at radius 3 is 2.92 bits per heavy atom. The van der Waals surface area contributed by atoms with E-state index in [9.17, 15) is 0 Å². The van der Waals surface area contributed by atoms with Crippen molar-refractivity contribution in [2.45, 2.75) is 6.61 Å². The van der Waals surface area contributed by atoms with Crippen LogP contribution in [-0.2, 0) is 11.3 Å². The first kappa shape index (κ1) is 7.77. The lowest BCUT2D eigenvalue weighted by Crippen LogP contribution is -1.79. The van der Waals surface area contributed by atoms with Gasteiger partial charge in [-0.3, -0.25) is 0 Å². The highest BCUT2D eigenvalue weighted by Crippen LogP contribution is 2.25. The van der Waals surface area contributed by atoms with Crippen LogP contribution in [0.4, 0.5) is 0 Å². The molecule has 0 unspecified atom stereocenters. The number of rotatable bonds is 2. The van der Waals surface area contributed by atoms with E-state index in [1.165, 1.54) is 15.0 Å². The highest BCUT2D eigenvalue weighted by molar-refractivity contribution is 7.19. The summed E-state index contributed by atoms with van der Waals surface area (Å²) in [5.74, 6) is 0. The number of hydrogen-bond acceptors (Lipinski definition) is 2. The predicted molar refractivity (Wildman–Crippen MR) is 52.5 cm³/mol. The summed E-state index contributed by atoms with van der Waals surface area (Å²) in [7, 11) is 1.73. The lowest BCUT2D eigenvalue weighted by molar-refractivity contribution is 0.187. The number of thiophene rings is 1. The molecule has 0 fully saturated rings. The Morgan fingerprint density at radius 1 is 1.33 bits per heavy atom. The third kappa shape index (κ3) is 1.36. The minimum absolute atomic E-state index is 0.722. The number of fused-ring (bicyclic) bond motifs is 1. The van der Waals surface area contributed by atoms with E-state index >= 15 is 0 Å². The van der Waals surface area contributed by atoms with E-state index in [2.05, 4.69) is 30.3 Å². The van der Waals surface area contributed by atoms with Gasteiger partial charge in [-0.15, -0.1) is 11.3 Å². The third-order valence-corrected chi connectivity index (χ3v) is 2.85. The summed E-state index contributed by atoms with van der Waals surface area (Å²) in [6.45, 7) is 0.722. The molecule has 0 saturated heterocycles. The molecule has 0 saturated carbocycles. The van der Waals surface area contributed by atoms with Gasteiger partial charge in [0.15, 0.2) is 0 Å². The zero-order chi connectivity index (χ0) is 8.39. The first-order valence-electron chi connectivity index (χ1n) is 3.86. The van der Waals surface area contributed by atoms with Crippen LogP contribution in [0, 0.1) is 0 Å². The van der Waals surface area contributed by atoms with Crippen molar-refractivity contribution >= 4 is 21.4 Å². The van der Waals surface area contributed by atoms with E-state index in [0.717, 1.165) is 6.61 Å². The van der Waals surface area contributed by atoms with Gasteiger partial charge < -0.3 is 4.74 Å². The molecular weight excluding hydrogens is 168 g/mol. The number of ether oxygens (including phenoxy) is 1. The van der Waals surface area contributed by atoms with Crippen LogP contribution in [0.15, 0.2) is 30.3 Å². The molecule has 1 aromatic carbocycles. The van der Waals surface area contributed by atoms with Gasteiger partial charge in [0.1, 0.15) is 0 Å². The minimum atomic E-state index is 0.722. The van der Waals surface area contributed by atoms with E-state index in [-0.39, 0.29) is 0 Å². The van der Waals surface area contributed by atoms with Crippen LogP contribution in [0.1, 0.15) is 4.88 Å². The molecule has 0 spiro atoms. The van der Waals surface area contributed by atoms with Gasteiger partial charge in [-0.05, 0) is 17.5 Å². The smallest absolute Gasteiger partial charge is 0.0806 e. The molecule has 1 heterocycles. The summed E-state index contributed by atoms with van der Waals surface area (Å²) in [5, 5.41) is 1.31. The zero-order valence-electron chi connectivity index (χ0n) is 6.91. The zero-order valence-corrected chi connectivity index (χ0v) is 7.73. The first-order chi connectivity index (χ1) is 5.90. The van der Waals surface area contributed by atoms with Gasteiger partial charge in [0, 0.05) is 16.7 Å². The molecule has 0 amide bonds. The van der Waals surface area contributed by atoms with Crippen molar-refractivity contribution in [3.05, 3.63) is 35.2 Å². The van der Waals surface area contributed by atoms with Crippen LogP contribution >= 0.6 is 11.3 Å². The molecule has 62 valence electrons. The minimum Gasteiger partial charge on any atom is -0.379 e. The maximum atomic E-state index is 5.07. The van der Waals surface area contributed by atoms with Crippen molar-refractivity contribution in [1.29, 1.82) is 0 Å². The van der Waals surface area contributed by atoms with Gasteiger partial charge in [0.25, 0.3) is 0 Å². The molecule has 0 bridgehead atoms. The van der Waals surface area contributed by atoms with Crippen molar-refractivity contribution < 1.29 is 4.74 Å². The summed E-state index contributed by atoms with van der Waals surface area (Å²) in [6, 6.07) is 10.6. The second-order valence-electron chi connectivity index (χ2n) is 2.68. The van der Waals surface area contributed by atoms with Gasteiger partial charge in [0.2, 0.25) is 0 Å². The first-order valence-corrected chi connectivity index (χ1v) is 4.68. The summed E-state index contributed by atoms with van der Waals surface area (Å²) in [5.41, 5.74) is 0. The highest BCUT2D eigenvalue weighted by atomic mass is 32.1. The van der Waals surface area contributed by atoms with Crippen molar-refractivity contribution in [2.24, 2.45) is 0 Å². The Kier molecular flexibility index (Phi) is 2.11. The number of hydrogen-bond donors (Lipinski definition) is 0. The van der Waals surface area contributed by atoms with Crippen molar-refractivity contribution in [2.75, 3.05) is 7.11 Å². The van der Waals surface area contributed by atoms with E-state index in [4.69, 9.17) is 4.74 Å². The molecule has 1 nitrogen and oxygen atoms in total. The summed E-state index contributed by atoms with van der Waals surface area (Å²) in [4.78, 5) is 1.29. The maximum Gasteiger partial charge on any atom is 0.0806 e. The summed E-state index contributed by atoms with van der Waals surface area (Å²) < 4.78 is 6.41. The van der Waals surface area contributed by atoms with E-state index in [0.29, 0.717) is 0 Å². The normalized spacial score (nSPS) is 10.8. The molecule has 2 aromatic rings. The van der Waals surface area contributed by atoms with E-state index in [1.54, 1.807) is 18.4 Å².